The summed E-state index contributed by atoms with van der Waals surface area (Å²) in [6.45, 7) is 2.60. The molecule has 0 aliphatic rings. The van der Waals surface area contributed by atoms with Crippen molar-refractivity contribution >= 4 is 11.6 Å². The van der Waals surface area contributed by atoms with Crippen LogP contribution in [0.25, 0.3) is 0 Å². The molecule has 0 fully saturated rings. The summed E-state index contributed by atoms with van der Waals surface area (Å²) < 4.78 is 27.2. The van der Waals surface area contributed by atoms with Gasteiger partial charge in [-0.05, 0) is 48.9 Å². The van der Waals surface area contributed by atoms with Crippen molar-refractivity contribution in [1.82, 2.24) is 5.32 Å². The van der Waals surface area contributed by atoms with E-state index in [1.54, 1.807) is 6.07 Å². The van der Waals surface area contributed by atoms with Crippen LogP contribution < -0.4 is 5.32 Å². The first-order chi connectivity index (χ1) is 9.60. The van der Waals surface area contributed by atoms with Crippen LogP contribution in [0, 0.1) is 11.6 Å². The number of nitrogens with one attached hydrogen (secondary N) is 1. The van der Waals surface area contributed by atoms with Gasteiger partial charge < -0.3 is 5.32 Å². The van der Waals surface area contributed by atoms with Crippen molar-refractivity contribution in [3.8, 4) is 0 Å². The molecule has 0 aliphatic carbocycles. The standard InChI is InChI=1S/C16H16ClF2N/c1-2-20-16(9-11-4-3-5-12(17)8-11)14-10-13(18)6-7-15(14)19/h3-8,10,16,20H,2,9H2,1H3. The highest BCUT2D eigenvalue weighted by Crippen LogP contribution is 2.23. The molecule has 0 aliphatic heterocycles. The Kier molecular flexibility index (Phi) is 5.10. The summed E-state index contributed by atoms with van der Waals surface area (Å²) in [5.41, 5.74) is 1.32. The van der Waals surface area contributed by atoms with E-state index in [-0.39, 0.29) is 6.04 Å². The largest absolute Gasteiger partial charge is 0.310 e. The van der Waals surface area contributed by atoms with Gasteiger partial charge >= 0.3 is 0 Å². The summed E-state index contributed by atoms with van der Waals surface area (Å²) in [5.74, 6) is -0.838. The van der Waals surface area contributed by atoms with Crippen molar-refractivity contribution in [2.24, 2.45) is 0 Å². The minimum Gasteiger partial charge on any atom is -0.310 e. The van der Waals surface area contributed by atoms with Crippen LogP contribution in [-0.2, 0) is 6.42 Å². The molecule has 0 saturated heterocycles. The second-order valence-corrected chi connectivity index (χ2v) is 5.05. The number of hydrogen-bond donors (Lipinski definition) is 1. The fourth-order valence-corrected chi connectivity index (χ4v) is 2.43. The fraction of sp³-hybridized carbons (Fsp3) is 0.250. The van der Waals surface area contributed by atoms with Gasteiger partial charge in [-0.15, -0.1) is 0 Å². The Labute approximate surface area is 122 Å². The van der Waals surface area contributed by atoms with Crippen molar-refractivity contribution in [2.75, 3.05) is 6.54 Å². The molecule has 0 aromatic heterocycles. The summed E-state index contributed by atoms with van der Waals surface area (Å²) in [7, 11) is 0. The molecule has 0 spiro atoms. The van der Waals surface area contributed by atoms with Crippen LogP contribution >= 0.6 is 11.6 Å². The maximum absolute atomic E-state index is 13.9. The molecule has 2 aromatic rings. The number of benzene rings is 2. The van der Waals surface area contributed by atoms with Gasteiger partial charge in [0.15, 0.2) is 0 Å². The average molecular weight is 296 g/mol. The Bertz CT molecular complexity index is 586. The summed E-state index contributed by atoms with van der Waals surface area (Å²) >= 11 is 5.95. The van der Waals surface area contributed by atoms with Gasteiger partial charge in [0, 0.05) is 16.6 Å². The summed E-state index contributed by atoms with van der Waals surface area (Å²) in [4.78, 5) is 0. The van der Waals surface area contributed by atoms with Gasteiger partial charge in [-0.25, -0.2) is 8.78 Å². The van der Waals surface area contributed by atoms with Crippen molar-refractivity contribution in [3.05, 3.63) is 70.2 Å². The highest BCUT2D eigenvalue weighted by atomic mass is 35.5. The second-order valence-electron chi connectivity index (χ2n) is 4.61. The van der Waals surface area contributed by atoms with Gasteiger partial charge in [-0.1, -0.05) is 30.7 Å². The lowest BCUT2D eigenvalue weighted by atomic mass is 9.98. The molecule has 1 N–H and O–H groups in total. The summed E-state index contributed by atoms with van der Waals surface area (Å²) in [6, 6.07) is 10.6. The molecule has 0 bridgehead atoms. The van der Waals surface area contributed by atoms with Crippen molar-refractivity contribution in [3.63, 3.8) is 0 Å². The van der Waals surface area contributed by atoms with E-state index in [1.165, 1.54) is 6.07 Å². The SMILES string of the molecule is CCNC(Cc1cccc(Cl)c1)c1cc(F)ccc1F. The maximum Gasteiger partial charge on any atom is 0.128 e. The third-order valence-electron chi connectivity index (χ3n) is 3.11. The van der Waals surface area contributed by atoms with Gasteiger partial charge in [0.05, 0.1) is 0 Å². The quantitative estimate of drug-likeness (QED) is 0.855. The van der Waals surface area contributed by atoms with Gasteiger partial charge in [0.2, 0.25) is 0 Å². The molecule has 0 amide bonds. The number of likely N-dealkylation sites (N-methyl/N-ethyl adjacent to an activating group) is 1. The van der Waals surface area contributed by atoms with Crippen molar-refractivity contribution in [1.29, 1.82) is 0 Å². The zero-order valence-corrected chi connectivity index (χ0v) is 11.9. The highest BCUT2D eigenvalue weighted by molar-refractivity contribution is 6.30. The van der Waals surface area contributed by atoms with Crippen LogP contribution in [0.15, 0.2) is 42.5 Å². The zero-order valence-electron chi connectivity index (χ0n) is 11.2. The molecule has 1 atom stereocenters. The first-order valence-electron chi connectivity index (χ1n) is 6.53. The molecular weight excluding hydrogens is 280 g/mol. The van der Waals surface area contributed by atoms with Crippen LogP contribution in [0.2, 0.25) is 5.02 Å². The summed E-state index contributed by atoms with van der Waals surface area (Å²) in [5, 5.41) is 3.82. The van der Waals surface area contributed by atoms with Gasteiger partial charge in [-0.2, -0.15) is 0 Å². The lowest BCUT2D eigenvalue weighted by Gasteiger charge is -2.19. The zero-order chi connectivity index (χ0) is 14.5. The molecule has 106 valence electrons. The van der Waals surface area contributed by atoms with Crippen molar-refractivity contribution < 1.29 is 8.78 Å². The third-order valence-corrected chi connectivity index (χ3v) is 3.35. The van der Waals surface area contributed by atoms with E-state index in [4.69, 9.17) is 11.6 Å². The van der Waals surface area contributed by atoms with Crippen molar-refractivity contribution in [2.45, 2.75) is 19.4 Å². The first-order valence-corrected chi connectivity index (χ1v) is 6.90. The highest BCUT2D eigenvalue weighted by Gasteiger charge is 2.16. The predicted octanol–water partition coefficient (Wildman–Crippen LogP) is 4.51. The minimum atomic E-state index is -0.435. The van der Waals surface area contributed by atoms with Crippen LogP contribution in [-0.4, -0.2) is 6.54 Å². The number of hydrogen-bond acceptors (Lipinski definition) is 1. The minimum absolute atomic E-state index is 0.283. The molecule has 4 heteroatoms. The molecule has 0 radical (unpaired) electrons. The first kappa shape index (κ1) is 14.9. The normalized spacial score (nSPS) is 12.4. The topological polar surface area (TPSA) is 12.0 Å². The van der Waals surface area contributed by atoms with E-state index in [9.17, 15) is 8.78 Å². The molecular formula is C16H16ClF2N. The smallest absolute Gasteiger partial charge is 0.128 e. The Balaban J connectivity index is 2.29. The van der Waals surface area contributed by atoms with E-state index in [0.717, 1.165) is 17.7 Å². The third kappa shape index (κ3) is 3.78. The molecule has 0 saturated carbocycles. The Morgan fingerprint density at radius 3 is 2.65 bits per heavy atom. The molecule has 20 heavy (non-hydrogen) atoms. The maximum atomic E-state index is 13.9. The Morgan fingerprint density at radius 2 is 1.95 bits per heavy atom. The van der Waals surface area contributed by atoms with Crippen LogP contribution in [0.1, 0.15) is 24.1 Å². The van der Waals surface area contributed by atoms with Gasteiger partial charge in [0.1, 0.15) is 11.6 Å². The van der Waals surface area contributed by atoms with Gasteiger partial charge in [-0.3, -0.25) is 0 Å². The molecule has 1 nitrogen and oxygen atoms in total. The molecule has 0 heterocycles. The number of halogens is 3. The van der Waals surface area contributed by atoms with Crippen LogP contribution in [0.4, 0.5) is 8.78 Å². The summed E-state index contributed by atoms with van der Waals surface area (Å²) in [6.07, 6.45) is 0.550. The van der Waals surface area contributed by atoms with Crippen LogP contribution in [0.5, 0.6) is 0 Å². The van der Waals surface area contributed by atoms with Gasteiger partial charge in [0.25, 0.3) is 0 Å². The molecule has 2 rings (SSSR count). The van der Waals surface area contributed by atoms with E-state index in [0.29, 0.717) is 23.6 Å². The van der Waals surface area contributed by atoms with E-state index >= 15 is 0 Å². The van der Waals surface area contributed by atoms with E-state index in [2.05, 4.69) is 5.32 Å². The molecule has 1 unspecified atom stereocenters. The molecule has 2 aromatic carbocycles. The lowest BCUT2D eigenvalue weighted by Crippen LogP contribution is -2.24. The lowest BCUT2D eigenvalue weighted by molar-refractivity contribution is 0.502. The van der Waals surface area contributed by atoms with Crippen LogP contribution in [0.3, 0.4) is 0 Å². The monoisotopic (exact) mass is 295 g/mol. The van der Waals surface area contributed by atoms with E-state index < -0.39 is 11.6 Å². The fourth-order valence-electron chi connectivity index (χ4n) is 2.22. The average Bonchev–Trinajstić information content (AvgIpc) is 2.41. The Hall–Kier alpha value is -1.45. The Morgan fingerprint density at radius 1 is 1.15 bits per heavy atom. The van der Waals surface area contributed by atoms with E-state index in [1.807, 2.05) is 25.1 Å². The second kappa shape index (κ2) is 6.82. The number of rotatable bonds is 5. The predicted molar refractivity (Wildman–Crippen MR) is 77.9 cm³/mol.